The highest BCUT2D eigenvalue weighted by Gasteiger charge is 2.22. The van der Waals surface area contributed by atoms with Crippen molar-refractivity contribution in [2.75, 3.05) is 0 Å². The molecular formula is C7H5N3O4S. The molecule has 0 bridgehead atoms. The standard InChI is InChI=1S/C7H5N3O4S/c8-4-5-6(10(11)12)2-1-3-7(5)15(9,13)14/h1-3H,(H2,9,13,14). The predicted octanol–water partition coefficient (Wildman–Crippen LogP) is 0.114. The average Bonchev–Trinajstić information content (AvgIpc) is 2.15. The second-order valence-electron chi connectivity index (χ2n) is 2.56. The Morgan fingerprint density at radius 1 is 1.47 bits per heavy atom. The summed E-state index contributed by atoms with van der Waals surface area (Å²) < 4.78 is 22.0. The molecule has 0 aliphatic rings. The molecule has 0 atom stereocenters. The van der Waals surface area contributed by atoms with Crippen molar-refractivity contribution in [3.63, 3.8) is 0 Å². The lowest BCUT2D eigenvalue weighted by molar-refractivity contribution is -0.385. The molecule has 0 heterocycles. The maximum atomic E-state index is 11.0. The molecule has 1 aromatic carbocycles. The third-order valence-corrected chi connectivity index (χ3v) is 2.57. The number of hydrogen-bond donors (Lipinski definition) is 1. The zero-order chi connectivity index (χ0) is 11.6. The summed E-state index contributed by atoms with van der Waals surface area (Å²) in [6, 6.07) is 4.68. The fourth-order valence-electron chi connectivity index (χ4n) is 1.02. The number of nitriles is 1. The molecular weight excluding hydrogens is 222 g/mol. The van der Waals surface area contributed by atoms with Crippen LogP contribution in [0, 0.1) is 21.4 Å². The highest BCUT2D eigenvalue weighted by Crippen LogP contribution is 2.23. The van der Waals surface area contributed by atoms with Gasteiger partial charge in [-0.1, -0.05) is 6.07 Å². The van der Waals surface area contributed by atoms with E-state index in [2.05, 4.69) is 0 Å². The van der Waals surface area contributed by atoms with Gasteiger partial charge in [0.1, 0.15) is 16.5 Å². The minimum absolute atomic E-state index is 0.542. The van der Waals surface area contributed by atoms with Crippen LogP contribution in [0.25, 0.3) is 0 Å². The fraction of sp³-hybridized carbons (Fsp3) is 0. The van der Waals surface area contributed by atoms with E-state index in [-0.39, 0.29) is 0 Å². The van der Waals surface area contributed by atoms with Gasteiger partial charge in [0.05, 0.1) is 4.92 Å². The molecule has 2 N–H and O–H groups in total. The van der Waals surface area contributed by atoms with E-state index in [1.165, 1.54) is 6.07 Å². The van der Waals surface area contributed by atoms with E-state index in [1.807, 2.05) is 0 Å². The lowest BCUT2D eigenvalue weighted by Gasteiger charge is -2.00. The van der Waals surface area contributed by atoms with Crippen molar-refractivity contribution in [2.24, 2.45) is 5.14 Å². The molecule has 7 nitrogen and oxygen atoms in total. The van der Waals surface area contributed by atoms with Crippen molar-refractivity contribution in [1.82, 2.24) is 0 Å². The number of nitro groups is 1. The summed E-state index contributed by atoms with van der Waals surface area (Å²) in [4.78, 5) is 9.10. The highest BCUT2D eigenvalue weighted by molar-refractivity contribution is 7.89. The molecule has 78 valence electrons. The molecule has 0 spiro atoms. The maximum Gasteiger partial charge on any atom is 0.288 e. The second-order valence-corrected chi connectivity index (χ2v) is 4.09. The van der Waals surface area contributed by atoms with Crippen LogP contribution in [0.5, 0.6) is 0 Å². The van der Waals surface area contributed by atoms with Crippen LogP contribution in [0.2, 0.25) is 0 Å². The van der Waals surface area contributed by atoms with Crippen molar-refractivity contribution in [2.45, 2.75) is 4.90 Å². The molecule has 0 aliphatic carbocycles. The first-order valence-electron chi connectivity index (χ1n) is 3.58. The van der Waals surface area contributed by atoms with Gasteiger partial charge in [-0.15, -0.1) is 0 Å². The van der Waals surface area contributed by atoms with Crippen LogP contribution in [-0.2, 0) is 10.0 Å². The monoisotopic (exact) mass is 227 g/mol. The number of nitro benzene ring substituents is 1. The molecule has 8 heteroatoms. The summed E-state index contributed by atoms with van der Waals surface area (Å²) in [6.07, 6.45) is 0. The molecule has 0 fully saturated rings. The van der Waals surface area contributed by atoms with Crippen LogP contribution in [0.15, 0.2) is 23.1 Å². The van der Waals surface area contributed by atoms with E-state index in [4.69, 9.17) is 10.4 Å². The first kappa shape index (κ1) is 11.1. The van der Waals surface area contributed by atoms with Crippen molar-refractivity contribution in [3.8, 4) is 6.07 Å². The zero-order valence-corrected chi connectivity index (χ0v) is 8.06. The average molecular weight is 227 g/mol. The molecule has 0 amide bonds. The first-order valence-corrected chi connectivity index (χ1v) is 5.13. The van der Waals surface area contributed by atoms with E-state index in [0.717, 1.165) is 18.2 Å². The molecule has 0 unspecified atom stereocenters. The Morgan fingerprint density at radius 3 is 2.47 bits per heavy atom. The van der Waals surface area contributed by atoms with Crippen LogP contribution < -0.4 is 5.14 Å². The van der Waals surface area contributed by atoms with Crippen molar-refractivity contribution in [1.29, 1.82) is 5.26 Å². The lowest BCUT2D eigenvalue weighted by Crippen LogP contribution is -2.14. The third kappa shape index (κ3) is 2.09. The Balaban J connectivity index is 3.66. The van der Waals surface area contributed by atoms with E-state index in [0.29, 0.717) is 0 Å². The Kier molecular flexibility index (Phi) is 2.69. The summed E-state index contributed by atoms with van der Waals surface area (Å²) in [5, 5.41) is 23.9. The summed E-state index contributed by atoms with van der Waals surface area (Å²) in [7, 11) is -4.13. The number of primary sulfonamides is 1. The topological polar surface area (TPSA) is 127 Å². The van der Waals surface area contributed by atoms with Gasteiger partial charge >= 0.3 is 0 Å². The van der Waals surface area contributed by atoms with Gasteiger partial charge in [0, 0.05) is 6.07 Å². The quantitative estimate of drug-likeness (QED) is 0.566. The molecule has 0 aromatic heterocycles. The molecule has 1 aromatic rings. The van der Waals surface area contributed by atoms with Gasteiger partial charge in [-0.3, -0.25) is 10.1 Å². The number of benzene rings is 1. The van der Waals surface area contributed by atoms with Crippen molar-refractivity contribution >= 4 is 15.7 Å². The van der Waals surface area contributed by atoms with E-state index in [1.54, 1.807) is 0 Å². The highest BCUT2D eigenvalue weighted by atomic mass is 32.2. The van der Waals surface area contributed by atoms with Gasteiger partial charge in [-0.05, 0) is 6.07 Å². The van der Waals surface area contributed by atoms with E-state index in [9.17, 15) is 18.5 Å². The maximum absolute atomic E-state index is 11.0. The molecule has 0 saturated carbocycles. The van der Waals surface area contributed by atoms with Crippen LogP contribution in [0.3, 0.4) is 0 Å². The molecule has 0 aliphatic heterocycles. The Labute approximate surface area is 84.9 Å². The van der Waals surface area contributed by atoms with Crippen molar-refractivity contribution < 1.29 is 13.3 Å². The van der Waals surface area contributed by atoms with Crippen LogP contribution in [0.4, 0.5) is 5.69 Å². The molecule has 0 saturated heterocycles. The minimum atomic E-state index is -4.13. The van der Waals surface area contributed by atoms with Crippen LogP contribution in [-0.4, -0.2) is 13.3 Å². The second kappa shape index (κ2) is 3.64. The number of nitrogens with two attached hydrogens (primary N) is 1. The summed E-state index contributed by atoms with van der Waals surface area (Å²) in [5.74, 6) is 0. The van der Waals surface area contributed by atoms with Gasteiger partial charge < -0.3 is 0 Å². The van der Waals surface area contributed by atoms with Gasteiger partial charge in [-0.25, -0.2) is 13.6 Å². The zero-order valence-electron chi connectivity index (χ0n) is 7.25. The number of sulfonamides is 1. The smallest absolute Gasteiger partial charge is 0.258 e. The van der Waals surface area contributed by atoms with Gasteiger partial charge in [0.25, 0.3) is 5.69 Å². The SMILES string of the molecule is N#Cc1c([N+](=O)[O-])cccc1S(N)(=O)=O. The van der Waals surface area contributed by atoms with Gasteiger partial charge in [0.15, 0.2) is 0 Å². The molecule has 15 heavy (non-hydrogen) atoms. The predicted molar refractivity (Wildman–Crippen MR) is 49.2 cm³/mol. The third-order valence-electron chi connectivity index (χ3n) is 1.62. The van der Waals surface area contributed by atoms with E-state index < -0.39 is 31.1 Å². The fourth-order valence-corrected chi connectivity index (χ4v) is 1.72. The molecule has 1 rings (SSSR count). The number of rotatable bonds is 2. The summed E-state index contributed by atoms with van der Waals surface area (Å²) in [5.41, 5.74) is -1.13. The Bertz CT molecular complexity index is 558. The number of nitrogens with zero attached hydrogens (tertiary/aromatic N) is 2. The van der Waals surface area contributed by atoms with Gasteiger partial charge in [0.2, 0.25) is 10.0 Å². The van der Waals surface area contributed by atoms with Crippen molar-refractivity contribution in [3.05, 3.63) is 33.9 Å². The lowest BCUT2D eigenvalue weighted by atomic mass is 10.2. The van der Waals surface area contributed by atoms with Crippen LogP contribution in [0.1, 0.15) is 5.56 Å². The molecule has 0 radical (unpaired) electrons. The summed E-state index contributed by atoms with van der Waals surface area (Å²) in [6.45, 7) is 0. The van der Waals surface area contributed by atoms with Crippen LogP contribution >= 0.6 is 0 Å². The normalized spacial score (nSPS) is 10.7. The Morgan fingerprint density at radius 2 is 2.07 bits per heavy atom. The largest absolute Gasteiger partial charge is 0.288 e. The number of hydrogen-bond acceptors (Lipinski definition) is 5. The van der Waals surface area contributed by atoms with Gasteiger partial charge in [-0.2, -0.15) is 5.26 Å². The van der Waals surface area contributed by atoms with E-state index >= 15 is 0 Å². The summed E-state index contributed by atoms with van der Waals surface area (Å²) >= 11 is 0. The first-order chi connectivity index (χ1) is 6.88. The Hall–Kier alpha value is -1.98. The minimum Gasteiger partial charge on any atom is -0.258 e.